The fraction of sp³-hybridized carbons (Fsp3) is 0.522. The van der Waals surface area contributed by atoms with Crippen LogP contribution in [0.4, 0.5) is 0 Å². The summed E-state index contributed by atoms with van der Waals surface area (Å²) in [4.78, 5) is 53.9. The number of phenolic OH excluding ortho intramolecular Hbond substituents is 1. The van der Waals surface area contributed by atoms with Crippen molar-refractivity contribution < 1.29 is 29.4 Å². The SMILES string of the molecule is CC(C)C(NC(=O)C(Cc1ccc(O)cc1)NC(=O)C(N)CCCN=C(N)N)C(=O)NC(CS)C(=O)O. The molecule has 4 unspecified atom stereocenters. The van der Waals surface area contributed by atoms with Crippen LogP contribution in [0.25, 0.3) is 0 Å². The Labute approximate surface area is 221 Å². The number of phenols is 1. The molecule has 37 heavy (non-hydrogen) atoms. The van der Waals surface area contributed by atoms with Crippen molar-refractivity contribution in [2.45, 2.75) is 57.3 Å². The Bertz CT molecular complexity index is 953. The van der Waals surface area contributed by atoms with E-state index in [1.54, 1.807) is 26.0 Å². The number of carboxylic acids is 1. The summed E-state index contributed by atoms with van der Waals surface area (Å²) in [5.41, 5.74) is 17.2. The molecule has 1 rings (SSSR count). The molecule has 0 aromatic heterocycles. The van der Waals surface area contributed by atoms with E-state index >= 15 is 0 Å². The van der Waals surface area contributed by atoms with E-state index in [-0.39, 0.29) is 36.8 Å². The number of nitrogens with zero attached hydrogens (tertiary/aromatic N) is 1. The number of carbonyl (C=O) groups excluding carboxylic acids is 3. The Morgan fingerprint density at radius 3 is 2.08 bits per heavy atom. The van der Waals surface area contributed by atoms with Gasteiger partial charge >= 0.3 is 5.97 Å². The molecule has 1 aromatic carbocycles. The molecule has 0 aliphatic heterocycles. The zero-order valence-corrected chi connectivity index (χ0v) is 21.8. The highest BCUT2D eigenvalue weighted by atomic mass is 32.1. The van der Waals surface area contributed by atoms with E-state index in [0.717, 1.165) is 0 Å². The van der Waals surface area contributed by atoms with Crippen LogP contribution in [0.5, 0.6) is 5.75 Å². The van der Waals surface area contributed by atoms with Gasteiger partial charge in [0.1, 0.15) is 23.9 Å². The van der Waals surface area contributed by atoms with Crippen molar-refractivity contribution in [3.05, 3.63) is 29.8 Å². The number of amides is 3. The minimum atomic E-state index is -1.26. The molecule has 1 aromatic rings. The molecule has 0 spiro atoms. The van der Waals surface area contributed by atoms with E-state index in [1.165, 1.54) is 12.1 Å². The Kier molecular flexibility index (Phi) is 13.3. The quantitative estimate of drug-likeness (QED) is 0.0541. The lowest BCUT2D eigenvalue weighted by Gasteiger charge is -2.27. The number of guanidine groups is 1. The van der Waals surface area contributed by atoms with Gasteiger partial charge in [0.05, 0.1) is 6.04 Å². The first-order valence-corrected chi connectivity index (χ1v) is 12.3. The lowest BCUT2D eigenvalue weighted by Crippen LogP contribution is -2.59. The lowest BCUT2D eigenvalue weighted by molar-refractivity contribution is -0.142. The second-order valence-electron chi connectivity index (χ2n) is 8.80. The number of thiol groups is 1. The fourth-order valence-corrected chi connectivity index (χ4v) is 3.49. The summed E-state index contributed by atoms with van der Waals surface area (Å²) < 4.78 is 0. The van der Waals surface area contributed by atoms with Crippen molar-refractivity contribution in [2.75, 3.05) is 12.3 Å². The minimum absolute atomic E-state index is 0.0327. The maximum atomic E-state index is 13.2. The smallest absolute Gasteiger partial charge is 0.327 e. The molecule has 13 nitrogen and oxygen atoms in total. The van der Waals surface area contributed by atoms with Crippen molar-refractivity contribution in [3.63, 3.8) is 0 Å². The Balaban J connectivity index is 3.03. The van der Waals surface area contributed by atoms with Crippen LogP contribution in [-0.4, -0.2) is 76.3 Å². The van der Waals surface area contributed by atoms with Crippen LogP contribution in [0, 0.1) is 5.92 Å². The fourth-order valence-electron chi connectivity index (χ4n) is 3.24. The van der Waals surface area contributed by atoms with E-state index in [0.29, 0.717) is 12.0 Å². The Morgan fingerprint density at radius 2 is 1.57 bits per heavy atom. The number of benzene rings is 1. The minimum Gasteiger partial charge on any atom is -0.508 e. The highest BCUT2D eigenvalue weighted by Crippen LogP contribution is 2.12. The van der Waals surface area contributed by atoms with Gasteiger partial charge in [-0.3, -0.25) is 19.4 Å². The van der Waals surface area contributed by atoms with Gasteiger partial charge in [0, 0.05) is 18.7 Å². The molecule has 0 saturated heterocycles. The predicted octanol–water partition coefficient (Wildman–Crippen LogP) is -1.56. The first kappa shape index (κ1) is 31.5. The number of rotatable bonds is 15. The third-order valence-corrected chi connectivity index (χ3v) is 5.72. The van der Waals surface area contributed by atoms with Gasteiger partial charge in [0.15, 0.2) is 5.96 Å². The Hall–Kier alpha value is -3.52. The van der Waals surface area contributed by atoms with Gasteiger partial charge in [-0.05, 0) is 36.5 Å². The third-order valence-electron chi connectivity index (χ3n) is 5.36. The number of hydrogen-bond acceptors (Lipinski definition) is 8. The van der Waals surface area contributed by atoms with Crippen molar-refractivity contribution in [2.24, 2.45) is 28.1 Å². The van der Waals surface area contributed by atoms with Crippen molar-refractivity contribution in [1.82, 2.24) is 16.0 Å². The number of carboxylic acid groups (broad SMARTS) is 1. The first-order chi connectivity index (χ1) is 17.3. The van der Waals surface area contributed by atoms with Gasteiger partial charge in [-0.1, -0.05) is 26.0 Å². The third kappa shape index (κ3) is 11.4. The maximum Gasteiger partial charge on any atom is 0.327 e. The van der Waals surface area contributed by atoms with Crippen LogP contribution < -0.4 is 33.2 Å². The van der Waals surface area contributed by atoms with Crippen LogP contribution >= 0.6 is 12.6 Å². The van der Waals surface area contributed by atoms with Gasteiger partial charge in [0.2, 0.25) is 17.7 Å². The zero-order valence-electron chi connectivity index (χ0n) is 20.9. The van der Waals surface area contributed by atoms with Crippen molar-refractivity contribution in [1.29, 1.82) is 0 Å². The average Bonchev–Trinajstić information content (AvgIpc) is 2.83. The molecule has 206 valence electrons. The summed E-state index contributed by atoms with van der Waals surface area (Å²) in [5, 5.41) is 26.3. The van der Waals surface area contributed by atoms with Gasteiger partial charge in [-0.2, -0.15) is 12.6 Å². The van der Waals surface area contributed by atoms with E-state index in [4.69, 9.17) is 17.2 Å². The molecule has 0 heterocycles. The number of aromatic hydroxyl groups is 1. The number of nitrogens with one attached hydrogen (secondary N) is 3. The van der Waals surface area contributed by atoms with E-state index in [1.807, 2.05) is 0 Å². The van der Waals surface area contributed by atoms with E-state index in [2.05, 4.69) is 33.6 Å². The number of nitrogens with two attached hydrogens (primary N) is 3. The normalized spacial score (nSPS) is 14.1. The molecule has 0 aliphatic rings. The second kappa shape index (κ2) is 15.6. The molecular weight excluding hydrogens is 502 g/mol. The van der Waals surface area contributed by atoms with Gasteiger partial charge < -0.3 is 43.4 Å². The molecule has 0 bridgehead atoms. The topological polar surface area (TPSA) is 235 Å². The summed E-state index contributed by atoms with van der Waals surface area (Å²) in [6, 6.07) is 1.68. The van der Waals surface area contributed by atoms with Crippen LogP contribution in [0.3, 0.4) is 0 Å². The molecule has 0 saturated carbocycles. The largest absolute Gasteiger partial charge is 0.508 e. The highest BCUT2D eigenvalue weighted by Gasteiger charge is 2.31. The Morgan fingerprint density at radius 1 is 0.973 bits per heavy atom. The van der Waals surface area contributed by atoms with Crippen LogP contribution in [-0.2, 0) is 25.6 Å². The number of carbonyl (C=O) groups is 4. The van der Waals surface area contributed by atoms with Gasteiger partial charge in [-0.25, -0.2) is 4.79 Å². The van der Waals surface area contributed by atoms with Crippen LogP contribution in [0.1, 0.15) is 32.3 Å². The monoisotopic (exact) mass is 539 g/mol. The molecular formula is C23H37N7O6S. The molecule has 11 N–H and O–H groups in total. The molecule has 14 heteroatoms. The first-order valence-electron chi connectivity index (χ1n) is 11.7. The summed E-state index contributed by atoms with van der Waals surface area (Å²) >= 11 is 3.93. The average molecular weight is 540 g/mol. The van der Waals surface area contributed by atoms with E-state index in [9.17, 15) is 29.4 Å². The number of aliphatic carboxylic acids is 1. The molecule has 3 amide bonds. The lowest BCUT2D eigenvalue weighted by atomic mass is 10.00. The van der Waals surface area contributed by atoms with Crippen molar-refractivity contribution in [3.8, 4) is 5.75 Å². The second-order valence-corrected chi connectivity index (χ2v) is 9.16. The molecule has 4 atom stereocenters. The zero-order chi connectivity index (χ0) is 28.1. The van der Waals surface area contributed by atoms with Gasteiger partial charge in [-0.15, -0.1) is 0 Å². The van der Waals surface area contributed by atoms with Crippen LogP contribution in [0.15, 0.2) is 29.3 Å². The molecule has 0 radical (unpaired) electrons. The molecule has 0 aliphatic carbocycles. The summed E-state index contributed by atoms with van der Waals surface area (Å²) in [6.45, 7) is 3.65. The summed E-state index contributed by atoms with van der Waals surface area (Å²) in [6.07, 6.45) is 0.736. The molecule has 0 fully saturated rings. The standard InChI is InChI=1S/C23H37N7O6S/c1-12(2)18(21(34)29-17(11-37)22(35)36)30-20(33)16(10-13-5-7-14(31)8-6-13)28-19(32)15(24)4-3-9-27-23(25)26/h5-8,12,15-18,31,37H,3-4,9-11,24H2,1-2H3,(H,28,32)(H,29,34)(H,30,33)(H,35,36)(H4,25,26,27). The highest BCUT2D eigenvalue weighted by molar-refractivity contribution is 7.80. The van der Waals surface area contributed by atoms with Crippen LogP contribution in [0.2, 0.25) is 0 Å². The summed E-state index contributed by atoms with van der Waals surface area (Å²) in [5.74, 6) is -3.79. The van der Waals surface area contributed by atoms with Gasteiger partial charge in [0.25, 0.3) is 0 Å². The predicted molar refractivity (Wildman–Crippen MR) is 142 cm³/mol. The van der Waals surface area contributed by atoms with E-state index < -0.39 is 53.8 Å². The maximum absolute atomic E-state index is 13.2. The number of hydrogen-bond donors (Lipinski definition) is 9. The number of aliphatic imine (C=N–C) groups is 1. The van der Waals surface area contributed by atoms with Crippen molar-refractivity contribution >= 4 is 42.3 Å². The summed E-state index contributed by atoms with van der Waals surface area (Å²) in [7, 11) is 0.